The summed E-state index contributed by atoms with van der Waals surface area (Å²) in [6.45, 7) is 3.56. The molecule has 0 spiro atoms. The largest absolute Gasteiger partial charge is 0.472 e. The molecule has 300 valence electrons. The van der Waals surface area contributed by atoms with Gasteiger partial charge in [-0.15, -0.1) is 0 Å². The highest BCUT2D eigenvalue weighted by Gasteiger charge is 2.25. The van der Waals surface area contributed by atoms with E-state index >= 15 is 0 Å². The predicted molar refractivity (Wildman–Crippen MR) is 215 cm³/mol. The van der Waals surface area contributed by atoms with E-state index < -0.39 is 32.5 Å². The fraction of sp³-hybridized carbons (Fsp3) is 0.714. The monoisotopic (exact) mass is 752 g/mol. The van der Waals surface area contributed by atoms with Crippen LogP contribution < -0.4 is 5.73 Å². The van der Waals surface area contributed by atoms with Crippen molar-refractivity contribution in [2.75, 3.05) is 26.4 Å². The van der Waals surface area contributed by atoms with Crippen LogP contribution in [0.3, 0.4) is 0 Å². The zero-order valence-corrected chi connectivity index (χ0v) is 33.7. The van der Waals surface area contributed by atoms with Gasteiger partial charge in [-0.25, -0.2) is 4.57 Å². The van der Waals surface area contributed by atoms with E-state index in [1.807, 2.05) is 0 Å². The summed E-state index contributed by atoms with van der Waals surface area (Å²) in [5.41, 5.74) is 5.33. The van der Waals surface area contributed by atoms with Gasteiger partial charge in [0.15, 0.2) is 6.10 Å². The van der Waals surface area contributed by atoms with Crippen molar-refractivity contribution in [1.29, 1.82) is 0 Å². The first-order valence-electron chi connectivity index (χ1n) is 20.3. The van der Waals surface area contributed by atoms with Crippen molar-refractivity contribution in [2.45, 2.75) is 168 Å². The van der Waals surface area contributed by atoms with E-state index in [0.717, 1.165) is 70.6 Å². The number of allylic oxidation sites excluding steroid dienone is 10. The Morgan fingerprint density at radius 1 is 0.596 bits per heavy atom. The summed E-state index contributed by atoms with van der Waals surface area (Å²) in [7, 11) is -4.38. The number of rotatable bonds is 37. The van der Waals surface area contributed by atoms with Crippen molar-refractivity contribution >= 4 is 19.8 Å². The van der Waals surface area contributed by atoms with Crippen LogP contribution in [0, 0.1) is 0 Å². The molecular weight excluding hydrogens is 677 g/mol. The Morgan fingerprint density at radius 3 is 1.58 bits per heavy atom. The molecule has 0 bridgehead atoms. The molecule has 0 radical (unpaired) electrons. The van der Waals surface area contributed by atoms with Crippen LogP contribution in [0.2, 0.25) is 0 Å². The first-order valence-corrected chi connectivity index (χ1v) is 21.8. The van der Waals surface area contributed by atoms with E-state index in [4.69, 9.17) is 24.3 Å². The highest BCUT2D eigenvalue weighted by molar-refractivity contribution is 7.47. The van der Waals surface area contributed by atoms with E-state index in [2.05, 4.69) is 74.6 Å². The molecule has 10 heteroatoms. The summed E-state index contributed by atoms with van der Waals surface area (Å²) < 4.78 is 32.7. The third-order valence-corrected chi connectivity index (χ3v) is 9.15. The van der Waals surface area contributed by atoms with Gasteiger partial charge < -0.3 is 20.1 Å². The minimum atomic E-state index is -4.38. The van der Waals surface area contributed by atoms with Crippen LogP contribution in [0.4, 0.5) is 0 Å². The summed E-state index contributed by atoms with van der Waals surface area (Å²) in [6.07, 6.45) is 43.9. The van der Waals surface area contributed by atoms with E-state index in [9.17, 15) is 19.0 Å². The molecule has 1 unspecified atom stereocenters. The Bertz CT molecular complexity index is 1040. The lowest BCUT2D eigenvalue weighted by Crippen LogP contribution is -2.29. The van der Waals surface area contributed by atoms with Gasteiger partial charge in [0.2, 0.25) is 0 Å². The fourth-order valence-electron chi connectivity index (χ4n) is 5.19. The maximum Gasteiger partial charge on any atom is 0.472 e. The molecule has 0 aromatic carbocycles. The summed E-state index contributed by atoms with van der Waals surface area (Å²) in [5, 5.41) is 0. The molecule has 0 heterocycles. The molecule has 0 aromatic rings. The first-order chi connectivity index (χ1) is 25.3. The van der Waals surface area contributed by atoms with Crippen molar-refractivity contribution in [1.82, 2.24) is 0 Å². The Labute approximate surface area is 317 Å². The van der Waals surface area contributed by atoms with Crippen LogP contribution in [0.1, 0.15) is 162 Å². The number of phosphoric ester groups is 1. The van der Waals surface area contributed by atoms with E-state index in [-0.39, 0.29) is 32.6 Å². The topological polar surface area (TPSA) is 134 Å². The highest BCUT2D eigenvalue weighted by Crippen LogP contribution is 2.43. The third-order valence-electron chi connectivity index (χ3n) is 8.17. The van der Waals surface area contributed by atoms with Crippen molar-refractivity contribution in [3.05, 3.63) is 60.8 Å². The number of nitrogens with two attached hydrogens (primary N) is 1. The number of unbranched alkanes of at least 4 members (excludes halogenated alkanes) is 14. The van der Waals surface area contributed by atoms with Crippen LogP contribution in [-0.2, 0) is 32.7 Å². The maximum atomic E-state index is 12.5. The number of hydrogen-bond acceptors (Lipinski definition) is 8. The molecule has 0 aromatic heterocycles. The maximum absolute atomic E-state index is 12.5. The van der Waals surface area contributed by atoms with Gasteiger partial charge in [0.1, 0.15) is 6.61 Å². The lowest BCUT2D eigenvalue weighted by molar-refractivity contribution is -0.161. The number of esters is 2. The second-order valence-corrected chi connectivity index (χ2v) is 14.6. The molecule has 0 fully saturated rings. The molecule has 3 N–H and O–H groups in total. The zero-order valence-electron chi connectivity index (χ0n) is 32.8. The van der Waals surface area contributed by atoms with Gasteiger partial charge in [-0.3, -0.25) is 18.6 Å². The number of hydrogen-bond donors (Lipinski definition) is 2. The molecule has 0 aliphatic rings. The molecule has 9 nitrogen and oxygen atoms in total. The molecule has 0 aliphatic carbocycles. The summed E-state index contributed by atoms with van der Waals surface area (Å²) in [5.74, 6) is -0.870. The van der Waals surface area contributed by atoms with Gasteiger partial charge >= 0.3 is 19.8 Å². The van der Waals surface area contributed by atoms with Crippen molar-refractivity contribution in [3.8, 4) is 0 Å². The van der Waals surface area contributed by atoms with Crippen LogP contribution in [0.5, 0.6) is 0 Å². The van der Waals surface area contributed by atoms with Gasteiger partial charge in [0.25, 0.3) is 0 Å². The Balaban J connectivity index is 4.25. The Kier molecular flexibility index (Phi) is 36.7. The SMILES string of the molecule is CC/C=C/C/C=C/C/C=C/C/C=C/C/C=C/CCCCCC(=O)OC[C@@H](COP(=O)(O)OCCN)OC(=O)CCCCCCCCCCCCCC. The minimum absolute atomic E-state index is 0.0469. The second-order valence-electron chi connectivity index (χ2n) is 13.1. The lowest BCUT2D eigenvalue weighted by atomic mass is 10.0. The normalized spacial score (nSPS) is 14.0. The molecule has 0 saturated carbocycles. The van der Waals surface area contributed by atoms with Crippen molar-refractivity contribution < 1.29 is 37.6 Å². The van der Waals surface area contributed by atoms with Crippen LogP contribution in [0.25, 0.3) is 0 Å². The molecule has 0 saturated heterocycles. The molecule has 0 rings (SSSR count). The van der Waals surface area contributed by atoms with E-state index in [1.54, 1.807) is 0 Å². The summed E-state index contributed by atoms with van der Waals surface area (Å²) in [6, 6.07) is 0. The number of ether oxygens (including phenoxy) is 2. The second kappa shape index (κ2) is 38.4. The Hall–Kier alpha value is -2.29. The molecule has 52 heavy (non-hydrogen) atoms. The van der Waals surface area contributed by atoms with Crippen molar-refractivity contribution in [3.63, 3.8) is 0 Å². The zero-order chi connectivity index (χ0) is 38.2. The van der Waals surface area contributed by atoms with E-state index in [1.165, 1.54) is 51.4 Å². The smallest absolute Gasteiger partial charge is 0.462 e. The van der Waals surface area contributed by atoms with Crippen LogP contribution in [-0.4, -0.2) is 49.3 Å². The average molecular weight is 752 g/mol. The third kappa shape index (κ3) is 37.5. The summed E-state index contributed by atoms with van der Waals surface area (Å²) >= 11 is 0. The van der Waals surface area contributed by atoms with Gasteiger partial charge in [-0.2, -0.15) is 0 Å². The van der Waals surface area contributed by atoms with E-state index in [0.29, 0.717) is 12.8 Å². The molecule has 0 amide bonds. The van der Waals surface area contributed by atoms with Crippen LogP contribution in [0.15, 0.2) is 60.8 Å². The van der Waals surface area contributed by atoms with Crippen LogP contribution >= 0.6 is 7.82 Å². The standard InChI is InChI=1S/C42H74NO8P/c1-3-5-7-9-11-13-15-17-18-19-20-21-22-23-25-26-28-30-32-34-41(44)48-38-40(39-50-52(46,47)49-37-36-43)51-42(45)35-33-31-29-27-24-16-14-12-10-8-6-4-2/h5,7,11,13,17-18,20-21,23,25,40H,3-4,6,8-10,12,14-16,19,22,24,26-39,43H2,1-2H3,(H,46,47)/b7-5+,13-11+,18-17+,21-20+,25-23+/t40-/m0/s1. The molecule has 2 atom stereocenters. The van der Waals surface area contributed by atoms with Crippen molar-refractivity contribution in [2.24, 2.45) is 5.73 Å². The van der Waals surface area contributed by atoms with Gasteiger partial charge in [-0.05, 0) is 57.8 Å². The minimum Gasteiger partial charge on any atom is -0.462 e. The summed E-state index contributed by atoms with van der Waals surface area (Å²) in [4.78, 5) is 34.8. The molecule has 0 aliphatic heterocycles. The number of phosphoric acid groups is 1. The highest BCUT2D eigenvalue weighted by atomic mass is 31.2. The average Bonchev–Trinajstić information content (AvgIpc) is 3.13. The fourth-order valence-corrected chi connectivity index (χ4v) is 5.95. The first kappa shape index (κ1) is 49.7. The number of carbonyl (C=O) groups excluding carboxylic acids is 2. The quantitative estimate of drug-likeness (QED) is 0.0275. The van der Waals surface area contributed by atoms with Gasteiger partial charge in [-0.1, -0.05) is 152 Å². The lowest BCUT2D eigenvalue weighted by Gasteiger charge is -2.19. The predicted octanol–water partition coefficient (Wildman–Crippen LogP) is 11.3. The number of carbonyl (C=O) groups is 2. The van der Waals surface area contributed by atoms with Gasteiger partial charge in [0.05, 0.1) is 13.2 Å². The Morgan fingerprint density at radius 2 is 1.06 bits per heavy atom. The molecular formula is C42H74NO8P. The van der Waals surface area contributed by atoms with Gasteiger partial charge in [0, 0.05) is 19.4 Å².